The Morgan fingerprint density at radius 3 is 3.35 bits per heavy atom. The number of ether oxygens (including phenoxy) is 1. The second-order valence-corrected chi connectivity index (χ2v) is 5.22. The molecule has 2 aromatic rings. The Morgan fingerprint density at radius 2 is 2.53 bits per heavy atom. The molecule has 0 bridgehead atoms. The fourth-order valence-corrected chi connectivity index (χ4v) is 2.99. The first-order valence-corrected chi connectivity index (χ1v) is 6.77. The average molecular weight is 250 g/mol. The number of nitrogens with zero attached hydrogens (tertiary/aromatic N) is 2. The predicted octanol–water partition coefficient (Wildman–Crippen LogP) is 2.03. The number of fused-ring (bicyclic) bond motifs is 1. The molecule has 4 nitrogen and oxygen atoms in total. The van der Waals surface area contributed by atoms with Gasteiger partial charge in [-0.3, -0.25) is 9.36 Å². The van der Waals surface area contributed by atoms with Crippen molar-refractivity contribution in [2.24, 2.45) is 0 Å². The van der Waals surface area contributed by atoms with Crippen molar-refractivity contribution in [2.45, 2.75) is 31.9 Å². The highest BCUT2D eigenvalue weighted by atomic mass is 32.1. The molecule has 2 aromatic heterocycles. The van der Waals surface area contributed by atoms with Crippen LogP contribution in [0, 0.1) is 0 Å². The molecule has 0 amide bonds. The summed E-state index contributed by atoms with van der Waals surface area (Å²) in [7, 11) is 0. The first-order valence-electron chi connectivity index (χ1n) is 5.89. The van der Waals surface area contributed by atoms with Gasteiger partial charge in [0, 0.05) is 13.2 Å². The molecule has 90 valence electrons. The summed E-state index contributed by atoms with van der Waals surface area (Å²) < 4.78 is 8.00. The van der Waals surface area contributed by atoms with Gasteiger partial charge in [-0.1, -0.05) is 0 Å². The van der Waals surface area contributed by atoms with E-state index >= 15 is 0 Å². The Balaban J connectivity index is 1.80. The Kier molecular flexibility index (Phi) is 2.94. The SMILES string of the molecule is O=c1c2sccc2ncn1CCC1CCCO1. The van der Waals surface area contributed by atoms with Crippen molar-refractivity contribution in [3.63, 3.8) is 0 Å². The highest BCUT2D eigenvalue weighted by Crippen LogP contribution is 2.16. The molecule has 1 saturated heterocycles. The molecule has 0 radical (unpaired) electrons. The molecule has 5 heteroatoms. The van der Waals surface area contributed by atoms with Gasteiger partial charge in [0.2, 0.25) is 0 Å². The van der Waals surface area contributed by atoms with E-state index in [0.29, 0.717) is 12.6 Å². The summed E-state index contributed by atoms with van der Waals surface area (Å²) >= 11 is 1.46. The zero-order valence-electron chi connectivity index (χ0n) is 9.46. The van der Waals surface area contributed by atoms with Crippen molar-refractivity contribution in [3.8, 4) is 0 Å². The maximum Gasteiger partial charge on any atom is 0.271 e. The largest absolute Gasteiger partial charge is 0.378 e. The van der Waals surface area contributed by atoms with Gasteiger partial charge >= 0.3 is 0 Å². The summed E-state index contributed by atoms with van der Waals surface area (Å²) in [5, 5.41) is 1.91. The maximum absolute atomic E-state index is 12.1. The summed E-state index contributed by atoms with van der Waals surface area (Å²) in [5.74, 6) is 0. The molecule has 1 aliphatic rings. The molecular formula is C12H14N2O2S. The van der Waals surface area contributed by atoms with Gasteiger partial charge in [0.15, 0.2) is 0 Å². The van der Waals surface area contributed by atoms with Gasteiger partial charge in [0.1, 0.15) is 4.70 Å². The maximum atomic E-state index is 12.1. The molecule has 0 aliphatic carbocycles. The van der Waals surface area contributed by atoms with Gasteiger partial charge < -0.3 is 4.74 Å². The second-order valence-electron chi connectivity index (χ2n) is 4.30. The lowest BCUT2D eigenvalue weighted by molar-refractivity contribution is 0.100. The Bertz CT molecular complexity index is 569. The lowest BCUT2D eigenvalue weighted by Crippen LogP contribution is -2.22. The number of hydrogen-bond acceptors (Lipinski definition) is 4. The van der Waals surface area contributed by atoms with Crippen LogP contribution in [0.3, 0.4) is 0 Å². The summed E-state index contributed by atoms with van der Waals surface area (Å²) in [6, 6.07) is 1.88. The zero-order chi connectivity index (χ0) is 11.7. The fourth-order valence-electron chi connectivity index (χ4n) is 2.19. The van der Waals surface area contributed by atoms with E-state index in [1.807, 2.05) is 11.4 Å². The van der Waals surface area contributed by atoms with E-state index in [9.17, 15) is 4.79 Å². The van der Waals surface area contributed by atoms with Crippen LogP contribution in [0.4, 0.5) is 0 Å². The van der Waals surface area contributed by atoms with Gasteiger partial charge in [0.25, 0.3) is 5.56 Å². The third kappa shape index (κ3) is 2.12. The van der Waals surface area contributed by atoms with Crippen molar-refractivity contribution < 1.29 is 4.74 Å². The Morgan fingerprint density at radius 1 is 1.59 bits per heavy atom. The van der Waals surface area contributed by atoms with Gasteiger partial charge in [-0.2, -0.15) is 0 Å². The quantitative estimate of drug-likeness (QED) is 0.837. The average Bonchev–Trinajstić information content (AvgIpc) is 2.99. The van der Waals surface area contributed by atoms with E-state index < -0.39 is 0 Å². The van der Waals surface area contributed by atoms with Crippen LogP contribution in [-0.2, 0) is 11.3 Å². The number of aryl methyl sites for hydroxylation is 1. The predicted molar refractivity (Wildman–Crippen MR) is 67.5 cm³/mol. The summed E-state index contributed by atoms with van der Waals surface area (Å²) in [5.41, 5.74) is 0.872. The number of rotatable bonds is 3. The molecule has 1 atom stereocenters. The van der Waals surface area contributed by atoms with Crippen LogP contribution in [0.15, 0.2) is 22.6 Å². The molecule has 1 aliphatic heterocycles. The number of hydrogen-bond donors (Lipinski definition) is 0. The summed E-state index contributed by atoms with van der Waals surface area (Å²) in [4.78, 5) is 16.4. The normalized spacial score (nSPS) is 20.1. The van der Waals surface area contributed by atoms with Gasteiger partial charge in [-0.25, -0.2) is 4.98 Å². The van der Waals surface area contributed by atoms with E-state index in [1.54, 1.807) is 10.9 Å². The van der Waals surface area contributed by atoms with E-state index in [1.165, 1.54) is 11.3 Å². The third-order valence-electron chi connectivity index (χ3n) is 3.15. The van der Waals surface area contributed by atoms with E-state index in [4.69, 9.17) is 4.74 Å². The smallest absolute Gasteiger partial charge is 0.271 e. The molecule has 0 spiro atoms. The van der Waals surface area contributed by atoms with Crippen LogP contribution in [0.2, 0.25) is 0 Å². The molecule has 0 N–H and O–H groups in total. The molecule has 17 heavy (non-hydrogen) atoms. The summed E-state index contributed by atoms with van der Waals surface area (Å²) in [6.45, 7) is 1.56. The highest BCUT2D eigenvalue weighted by molar-refractivity contribution is 7.17. The van der Waals surface area contributed by atoms with Gasteiger partial charge in [0.05, 0.1) is 17.9 Å². The minimum absolute atomic E-state index is 0.0722. The Labute approximate surface area is 103 Å². The van der Waals surface area contributed by atoms with Crippen LogP contribution in [-0.4, -0.2) is 22.3 Å². The lowest BCUT2D eigenvalue weighted by Gasteiger charge is -2.10. The fraction of sp³-hybridized carbons (Fsp3) is 0.500. The molecular weight excluding hydrogens is 236 g/mol. The zero-order valence-corrected chi connectivity index (χ0v) is 10.3. The van der Waals surface area contributed by atoms with E-state index in [2.05, 4.69) is 4.98 Å². The van der Waals surface area contributed by atoms with Crippen molar-refractivity contribution in [3.05, 3.63) is 28.1 Å². The van der Waals surface area contributed by atoms with Crippen molar-refractivity contribution in [1.29, 1.82) is 0 Å². The van der Waals surface area contributed by atoms with Crippen LogP contribution in [0.5, 0.6) is 0 Å². The number of thiophene rings is 1. The minimum Gasteiger partial charge on any atom is -0.378 e. The molecule has 0 saturated carbocycles. The number of aromatic nitrogens is 2. The van der Waals surface area contributed by atoms with Crippen LogP contribution >= 0.6 is 11.3 Å². The van der Waals surface area contributed by atoms with Gasteiger partial charge in [-0.15, -0.1) is 11.3 Å². The van der Waals surface area contributed by atoms with Crippen LogP contribution in [0.1, 0.15) is 19.3 Å². The highest BCUT2D eigenvalue weighted by Gasteiger charge is 2.15. The van der Waals surface area contributed by atoms with Crippen molar-refractivity contribution in [1.82, 2.24) is 9.55 Å². The molecule has 3 heterocycles. The van der Waals surface area contributed by atoms with E-state index in [-0.39, 0.29) is 5.56 Å². The molecule has 1 unspecified atom stereocenters. The third-order valence-corrected chi connectivity index (χ3v) is 4.04. The van der Waals surface area contributed by atoms with Gasteiger partial charge in [-0.05, 0) is 30.7 Å². The summed E-state index contributed by atoms with van der Waals surface area (Å²) in [6.07, 6.45) is 5.12. The molecule has 1 fully saturated rings. The topological polar surface area (TPSA) is 44.1 Å². The van der Waals surface area contributed by atoms with E-state index in [0.717, 1.165) is 36.1 Å². The minimum atomic E-state index is 0.0722. The Hall–Kier alpha value is -1.20. The monoisotopic (exact) mass is 250 g/mol. The lowest BCUT2D eigenvalue weighted by atomic mass is 10.2. The second kappa shape index (κ2) is 4.58. The first-order chi connectivity index (χ1) is 8.34. The van der Waals surface area contributed by atoms with Crippen molar-refractivity contribution >= 4 is 21.6 Å². The molecule has 0 aromatic carbocycles. The van der Waals surface area contributed by atoms with Crippen LogP contribution < -0.4 is 5.56 Å². The molecule has 3 rings (SSSR count). The first kappa shape index (κ1) is 10.9. The van der Waals surface area contributed by atoms with Crippen molar-refractivity contribution in [2.75, 3.05) is 6.61 Å². The standard InChI is InChI=1S/C12H14N2O2S/c15-12-11-10(4-7-17-11)13-8-14(12)5-3-9-2-1-6-16-9/h4,7-9H,1-3,5-6H2. The van der Waals surface area contributed by atoms with Crippen LogP contribution in [0.25, 0.3) is 10.2 Å².